The molecule has 2 unspecified atom stereocenters. The van der Waals surface area contributed by atoms with Gasteiger partial charge in [-0.1, -0.05) is 23.2 Å². The minimum absolute atomic E-state index is 0.0815. The summed E-state index contributed by atoms with van der Waals surface area (Å²) >= 11 is 11.7. The third-order valence-corrected chi connectivity index (χ3v) is 3.46. The van der Waals surface area contributed by atoms with Gasteiger partial charge in [0.05, 0.1) is 30.0 Å². The lowest BCUT2D eigenvalue weighted by molar-refractivity contribution is -0.142. The second-order valence-electron chi connectivity index (χ2n) is 4.31. The van der Waals surface area contributed by atoms with Gasteiger partial charge in [-0.15, -0.1) is 0 Å². The molecule has 1 heterocycles. The normalized spacial score (nSPS) is 21.5. The summed E-state index contributed by atoms with van der Waals surface area (Å²) in [5, 5.41) is 14.8. The number of carbonyl (C=O) groups is 2. The number of nitrogens with one attached hydrogen (secondary N) is 2. The van der Waals surface area contributed by atoms with E-state index in [2.05, 4.69) is 10.6 Å². The van der Waals surface area contributed by atoms with E-state index in [-0.39, 0.29) is 13.2 Å². The molecule has 1 fully saturated rings. The number of hydrogen-bond acceptors (Lipinski definition) is 3. The van der Waals surface area contributed by atoms with Crippen molar-refractivity contribution in [3.8, 4) is 0 Å². The summed E-state index contributed by atoms with van der Waals surface area (Å²) in [4.78, 5) is 22.8. The summed E-state index contributed by atoms with van der Waals surface area (Å²) in [6.07, 6.45) is 0. The molecule has 2 amide bonds. The molecule has 0 saturated carbocycles. The van der Waals surface area contributed by atoms with Gasteiger partial charge in [0.2, 0.25) is 0 Å². The molecule has 0 aliphatic carbocycles. The second-order valence-corrected chi connectivity index (χ2v) is 5.15. The van der Waals surface area contributed by atoms with Crippen LogP contribution < -0.4 is 10.6 Å². The van der Waals surface area contributed by atoms with E-state index in [1.807, 2.05) is 0 Å². The maximum atomic E-state index is 11.8. The van der Waals surface area contributed by atoms with E-state index in [0.29, 0.717) is 15.7 Å². The fraction of sp³-hybridized carbons (Fsp3) is 0.333. The third-order valence-electron chi connectivity index (χ3n) is 2.89. The van der Waals surface area contributed by atoms with Crippen molar-refractivity contribution in [2.24, 2.45) is 5.92 Å². The van der Waals surface area contributed by atoms with Gasteiger partial charge < -0.3 is 20.5 Å². The number of urea groups is 1. The topological polar surface area (TPSA) is 87.7 Å². The van der Waals surface area contributed by atoms with E-state index in [1.165, 1.54) is 6.07 Å². The molecule has 1 aliphatic rings. The highest BCUT2D eigenvalue weighted by molar-refractivity contribution is 6.35. The Hall–Kier alpha value is -1.50. The first-order valence-corrected chi connectivity index (χ1v) is 6.56. The molecule has 2 atom stereocenters. The van der Waals surface area contributed by atoms with Crippen molar-refractivity contribution < 1.29 is 19.4 Å². The summed E-state index contributed by atoms with van der Waals surface area (Å²) in [5.41, 5.74) is 0.349. The number of anilines is 1. The number of halogens is 2. The molecule has 0 aromatic heterocycles. The molecule has 0 bridgehead atoms. The fourth-order valence-corrected chi connectivity index (χ4v) is 2.20. The predicted octanol–water partition coefficient (Wildman–Crippen LogP) is 2.21. The number of aliphatic carboxylic acids is 1. The lowest BCUT2D eigenvalue weighted by atomic mass is 10.0. The van der Waals surface area contributed by atoms with Crippen molar-refractivity contribution in [1.82, 2.24) is 5.32 Å². The number of carbonyl (C=O) groups excluding carboxylic acids is 1. The highest BCUT2D eigenvalue weighted by atomic mass is 35.5. The molecule has 1 aromatic rings. The molecule has 1 saturated heterocycles. The van der Waals surface area contributed by atoms with Gasteiger partial charge in [-0.3, -0.25) is 4.79 Å². The van der Waals surface area contributed by atoms with Gasteiger partial charge in [0.1, 0.15) is 5.92 Å². The maximum absolute atomic E-state index is 11.8. The Bertz CT molecular complexity index is 538. The quantitative estimate of drug-likeness (QED) is 0.797. The highest BCUT2D eigenvalue weighted by Crippen LogP contribution is 2.25. The Balaban J connectivity index is 1.99. The average molecular weight is 319 g/mol. The van der Waals surface area contributed by atoms with Crippen LogP contribution in [-0.2, 0) is 9.53 Å². The second kappa shape index (κ2) is 6.30. The van der Waals surface area contributed by atoms with Crippen LogP contribution in [0.4, 0.5) is 10.5 Å². The Morgan fingerprint density at radius 2 is 2.05 bits per heavy atom. The van der Waals surface area contributed by atoms with Gasteiger partial charge >= 0.3 is 12.0 Å². The molecule has 3 N–H and O–H groups in total. The molecule has 6 nitrogen and oxygen atoms in total. The van der Waals surface area contributed by atoms with Gasteiger partial charge in [-0.25, -0.2) is 4.79 Å². The molecule has 8 heteroatoms. The van der Waals surface area contributed by atoms with E-state index in [0.717, 1.165) is 0 Å². The van der Waals surface area contributed by atoms with Crippen molar-refractivity contribution in [3.05, 3.63) is 28.2 Å². The highest BCUT2D eigenvalue weighted by Gasteiger charge is 2.35. The lowest BCUT2D eigenvalue weighted by Gasteiger charge is -2.16. The molecular formula is C12H12Cl2N2O4. The number of hydrogen-bond donors (Lipinski definition) is 3. The maximum Gasteiger partial charge on any atom is 0.319 e. The van der Waals surface area contributed by atoms with Crippen LogP contribution in [-0.4, -0.2) is 36.4 Å². The summed E-state index contributed by atoms with van der Waals surface area (Å²) in [7, 11) is 0. The molecule has 0 spiro atoms. The van der Waals surface area contributed by atoms with Gasteiger partial charge in [0, 0.05) is 5.02 Å². The summed E-state index contributed by atoms with van der Waals surface area (Å²) in [6, 6.07) is 3.51. The van der Waals surface area contributed by atoms with Gasteiger partial charge in [-0.05, 0) is 18.2 Å². The van der Waals surface area contributed by atoms with Gasteiger partial charge in [0.15, 0.2) is 0 Å². The van der Waals surface area contributed by atoms with Crippen LogP contribution in [0.15, 0.2) is 18.2 Å². The Morgan fingerprint density at radius 1 is 1.30 bits per heavy atom. The van der Waals surface area contributed by atoms with Crippen molar-refractivity contribution in [2.45, 2.75) is 6.04 Å². The zero-order chi connectivity index (χ0) is 14.7. The molecule has 20 heavy (non-hydrogen) atoms. The van der Waals surface area contributed by atoms with Crippen LogP contribution in [0.3, 0.4) is 0 Å². The van der Waals surface area contributed by atoms with Crippen molar-refractivity contribution >= 4 is 40.9 Å². The van der Waals surface area contributed by atoms with E-state index in [1.54, 1.807) is 12.1 Å². The zero-order valence-electron chi connectivity index (χ0n) is 10.2. The van der Waals surface area contributed by atoms with Crippen LogP contribution in [0.25, 0.3) is 0 Å². The predicted molar refractivity (Wildman–Crippen MR) is 74.3 cm³/mol. The molecule has 1 aromatic carbocycles. The van der Waals surface area contributed by atoms with E-state index in [9.17, 15) is 9.59 Å². The Morgan fingerprint density at radius 3 is 2.75 bits per heavy atom. The summed E-state index contributed by atoms with van der Waals surface area (Å²) < 4.78 is 5.05. The number of carboxylic acid groups (broad SMARTS) is 1. The van der Waals surface area contributed by atoms with E-state index >= 15 is 0 Å². The van der Waals surface area contributed by atoms with Gasteiger partial charge in [-0.2, -0.15) is 0 Å². The lowest BCUT2D eigenvalue weighted by Crippen LogP contribution is -2.44. The number of ether oxygens (including phenoxy) is 1. The largest absolute Gasteiger partial charge is 0.481 e. The van der Waals surface area contributed by atoms with E-state index in [4.69, 9.17) is 33.0 Å². The zero-order valence-corrected chi connectivity index (χ0v) is 11.7. The van der Waals surface area contributed by atoms with Crippen molar-refractivity contribution in [2.75, 3.05) is 18.5 Å². The molecule has 0 radical (unpaired) electrons. The average Bonchev–Trinajstić information content (AvgIpc) is 2.82. The van der Waals surface area contributed by atoms with Crippen molar-refractivity contribution in [1.29, 1.82) is 0 Å². The third kappa shape index (κ3) is 3.53. The van der Waals surface area contributed by atoms with Crippen molar-refractivity contribution in [3.63, 3.8) is 0 Å². The van der Waals surface area contributed by atoms with Crippen LogP contribution in [0, 0.1) is 5.92 Å². The number of benzene rings is 1. The smallest absolute Gasteiger partial charge is 0.319 e. The summed E-state index contributed by atoms with van der Waals surface area (Å²) in [6.45, 7) is 0.242. The molecule has 2 rings (SSSR count). The fourth-order valence-electron chi connectivity index (χ4n) is 1.86. The number of carboxylic acids is 1. The standard InChI is InChI=1S/C12H12Cl2N2O4/c13-6-1-2-8(14)9(3-6)15-12(19)16-10-5-20-4-7(10)11(17)18/h1-3,7,10H,4-5H2,(H,17,18)(H2,15,16,19). The summed E-state index contributed by atoms with van der Waals surface area (Å²) in [5.74, 6) is -1.76. The van der Waals surface area contributed by atoms with Crippen LogP contribution in [0.1, 0.15) is 0 Å². The monoisotopic (exact) mass is 318 g/mol. The Kier molecular flexibility index (Phi) is 4.69. The molecule has 1 aliphatic heterocycles. The molecule has 108 valence electrons. The first kappa shape index (κ1) is 14.9. The number of rotatable bonds is 3. The molecular weight excluding hydrogens is 307 g/mol. The minimum atomic E-state index is -1.01. The number of amides is 2. The van der Waals surface area contributed by atoms with Crippen LogP contribution in [0.5, 0.6) is 0 Å². The first-order valence-electron chi connectivity index (χ1n) is 5.80. The van der Waals surface area contributed by atoms with Crippen LogP contribution >= 0.6 is 23.2 Å². The Labute approximate surface area is 125 Å². The SMILES string of the molecule is O=C(Nc1cc(Cl)ccc1Cl)NC1COCC1C(=O)O. The minimum Gasteiger partial charge on any atom is -0.481 e. The van der Waals surface area contributed by atoms with E-state index < -0.39 is 24.0 Å². The first-order chi connectivity index (χ1) is 9.47. The van der Waals surface area contributed by atoms with Crippen LogP contribution in [0.2, 0.25) is 10.0 Å². The van der Waals surface area contributed by atoms with Gasteiger partial charge in [0.25, 0.3) is 0 Å².